The van der Waals surface area contributed by atoms with E-state index in [9.17, 15) is 4.79 Å². The Kier molecular flexibility index (Phi) is 6.15. The highest BCUT2D eigenvalue weighted by Gasteiger charge is 2.12. The van der Waals surface area contributed by atoms with Gasteiger partial charge in [0, 0.05) is 24.9 Å². The highest BCUT2D eigenvalue weighted by Crippen LogP contribution is 2.19. The van der Waals surface area contributed by atoms with Crippen LogP contribution in [0.25, 0.3) is 0 Å². The van der Waals surface area contributed by atoms with Gasteiger partial charge in [0.05, 0.1) is 12.7 Å². The molecule has 0 fully saturated rings. The highest BCUT2D eigenvalue weighted by molar-refractivity contribution is 5.99. The molecule has 0 spiro atoms. The highest BCUT2D eigenvalue weighted by atomic mass is 16.5. The van der Waals surface area contributed by atoms with Crippen molar-refractivity contribution in [1.82, 2.24) is 5.32 Å². The van der Waals surface area contributed by atoms with Crippen LogP contribution >= 0.6 is 0 Å². The Balaban J connectivity index is 2.63. The van der Waals surface area contributed by atoms with Crippen molar-refractivity contribution in [3.8, 4) is 5.75 Å². The molecule has 0 saturated carbocycles. The minimum absolute atomic E-state index is 0.138. The maximum atomic E-state index is 12.0. The van der Waals surface area contributed by atoms with E-state index in [1.807, 2.05) is 6.92 Å². The first-order chi connectivity index (χ1) is 9.12. The molecule has 1 rings (SSSR count). The number of ether oxygens (including phenoxy) is 1. The van der Waals surface area contributed by atoms with Crippen molar-refractivity contribution < 1.29 is 14.6 Å². The van der Waals surface area contributed by atoms with Crippen LogP contribution in [-0.4, -0.2) is 31.3 Å². The molecule has 0 heterocycles. The molecule has 0 aromatic heterocycles. The molecule has 19 heavy (non-hydrogen) atoms. The molecule has 0 aliphatic rings. The Morgan fingerprint density at radius 2 is 2.26 bits per heavy atom. The van der Waals surface area contributed by atoms with Crippen molar-refractivity contribution >= 4 is 11.6 Å². The molecular formula is C14H22N2O3. The summed E-state index contributed by atoms with van der Waals surface area (Å²) in [7, 11) is 1.55. The smallest absolute Gasteiger partial charge is 0.253 e. The zero-order chi connectivity index (χ0) is 14.3. The number of anilines is 1. The van der Waals surface area contributed by atoms with Crippen molar-refractivity contribution in [3.05, 3.63) is 23.8 Å². The molecule has 1 aromatic carbocycles. The molecule has 1 amide bonds. The van der Waals surface area contributed by atoms with Crippen LogP contribution in [0, 0.1) is 5.92 Å². The zero-order valence-corrected chi connectivity index (χ0v) is 11.5. The number of hydrogen-bond acceptors (Lipinski definition) is 4. The van der Waals surface area contributed by atoms with E-state index in [0.29, 0.717) is 30.0 Å². The fraction of sp³-hybridized carbons (Fsp3) is 0.500. The summed E-state index contributed by atoms with van der Waals surface area (Å²) in [6, 6.07) is 4.98. The maximum Gasteiger partial charge on any atom is 0.253 e. The first kappa shape index (κ1) is 15.3. The van der Waals surface area contributed by atoms with Gasteiger partial charge in [-0.15, -0.1) is 0 Å². The van der Waals surface area contributed by atoms with Crippen LogP contribution in [0.5, 0.6) is 5.75 Å². The second-order valence-electron chi connectivity index (χ2n) is 4.45. The third-order valence-corrected chi connectivity index (χ3v) is 3.17. The Bertz CT molecular complexity index is 421. The van der Waals surface area contributed by atoms with Gasteiger partial charge in [-0.05, 0) is 24.5 Å². The van der Waals surface area contributed by atoms with Crippen molar-refractivity contribution in [2.75, 3.05) is 26.0 Å². The lowest BCUT2D eigenvalue weighted by Gasteiger charge is -2.15. The average Bonchev–Trinajstić information content (AvgIpc) is 2.42. The molecule has 4 N–H and O–H groups in total. The van der Waals surface area contributed by atoms with E-state index in [2.05, 4.69) is 5.32 Å². The fourth-order valence-corrected chi connectivity index (χ4v) is 1.84. The number of hydrogen-bond donors (Lipinski definition) is 3. The van der Waals surface area contributed by atoms with Crippen LogP contribution in [0.4, 0.5) is 5.69 Å². The summed E-state index contributed by atoms with van der Waals surface area (Å²) in [5, 5.41) is 11.7. The molecular weight excluding hydrogens is 244 g/mol. The van der Waals surface area contributed by atoms with Crippen molar-refractivity contribution in [2.45, 2.75) is 19.8 Å². The average molecular weight is 266 g/mol. The van der Waals surface area contributed by atoms with Crippen LogP contribution in [0.3, 0.4) is 0 Å². The van der Waals surface area contributed by atoms with Gasteiger partial charge in [-0.1, -0.05) is 13.3 Å². The van der Waals surface area contributed by atoms with Gasteiger partial charge in [-0.3, -0.25) is 4.79 Å². The molecule has 106 valence electrons. The van der Waals surface area contributed by atoms with Gasteiger partial charge in [0.25, 0.3) is 5.91 Å². The quantitative estimate of drug-likeness (QED) is 0.652. The van der Waals surface area contributed by atoms with Gasteiger partial charge in [-0.2, -0.15) is 0 Å². The Hall–Kier alpha value is -1.75. The van der Waals surface area contributed by atoms with E-state index >= 15 is 0 Å². The summed E-state index contributed by atoms with van der Waals surface area (Å²) in [4.78, 5) is 12.0. The molecule has 0 radical (unpaired) electrons. The standard InChI is InChI=1S/C14H22N2O3/c1-3-10(6-7-17)9-16-14(18)12-5-4-11(19-2)8-13(12)15/h4-5,8,10,17H,3,6-7,9,15H2,1-2H3,(H,16,18). The molecule has 1 aromatic rings. The molecule has 0 aliphatic carbocycles. The second kappa shape index (κ2) is 7.63. The molecule has 1 unspecified atom stereocenters. The number of nitrogens with two attached hydrogens (primary N) is 1. The number of rotatable bonds is 7. The zero-order valence-electron chi connectivity index (χ0n) is 11.5. The molecule has 1 atom stereocenters. The van der Waals surface area contributed by atoms with Crippen molar-refractivity contribution in [1.29, 1.82) is 0 Å². The first-order valence-corrected chi connectivity index (χ1v) is 6.44. The predicted molar refractivity (Wildman–Crippen MR) is 75.2 cm³/mol. The van der Waals surface area contributed by atoms with E-state index in [4.69, 9.17) is 15.6 Å². The fourth-order valence-electron chi connectivity index (χ4n) is 1.84. The SMILES string of the molecule is CCC(CCO)CNC(=O)c1ccc(OC)cc1N. The monoisotopic (exact) mass is 266 g/mol. The lowest BCUT2D eigenvalue weighted by atomic mass is 10.0. The minimum atomic E-state index is -0.198. The van der Waals surface area contributed by atoms with Gasteiger partial charge >= 0.3 is 0 Å². The Morgan fingerprint density at radius 1 is 1.53 bits per heavy atom. The number of amides is 1. The van der Waals surface area contributed by atoms with Crippen LogP contribution < -0.4 is 15.8 Å². The minimum Gasteiger partial charge on any atom is -0.497 e. The molecule has 0 aliphatic heterocycles. The molecule has 5 heteroatoms. The second-order valence-corrected chi connectivity index (χ2v) is 4.45. The number of carbonyl (C=O) groups is 1. The van der Waals surface area contributed by atoms with Crippen LogP contribution in [-0.2, 0) is 0 Å². The normalized spacial score (nSPS) is 11.9. The Morgan fingerprint density at radius 3 is 2.79 bits per heavy atom. The topological polar surface area (TPSA) is 84.6 Å². The summed E-state index contributed by atoms with van der Waals surface area (Å²) >= 11 is 0. The van der Waals surface area contributed by atoms with E-state index < -0.39 is 0 Å². The Labute approximate surface area is 113 Å². The predicted octanol–water partition coefficient (Wildman–Crippen LogP) is 1.42. The summed E-state index contributed by atoms with van der Waals surface area (Å²) in [5.74, 6) is 0.714. The number of carbonyl (C=O) groups excluding carboxylic acids is 1. The third kappa shape index (κ3) is 4.44. The van der Waals surface area contributed by atoms with Gasteiger partial charge in [0.2, 0.25) is 0 Å². The first-order valence-electron chi connectivity index (χ1n) is 6.44. The number of nitrogen functional groups attached to an aromatic ring is 1. The number of nitrogens with one attached hydrogen (secondary N) is 1. The molecule has 5 nitrogen and oxygen atoms in total. The lowest BCUT2D eigenvalue weighted by molar-refractivity contribution is 0.0944. The van der Waals surface area contributed by atoms with Gasteiger partial charge in [0.15, 0.2) is 0 Å². The number of aliphatic hydroxyl groups excluding tert-OH is 1. The summed E-state index contributed by atoms with van der Waals surface area (Å²) in [5.41, 5.74) is 6.65. The number of methoxy groups -OCH3 is 1. The third-order valence-electron chi connectivity index (χ3n) is 3.17. The van der Waals surface area contributed by atoms with E-state index in [1.165, 1.54) is 0 Å². The number of benzene rings is 1. The van der Waals surface area contributed by atoms with E-state index in [1.54, 1.807) is 25.3 Å². The van der Waals surface area contributed by atoms with Crippen LogP contribution in [0.2, 0.25) is 0 Å². The van der Waals surface area contributed by atoms with E-state index in [0.717, 1.165) is 6.42 Å². The number of aliphatic hydroxyl groups is 1. The van der Waals surface area contributed by atoms with Gasteiger partial charge < -0.3 is 20.9 Å². The molecule has 0 bridgehead atoms. The van der Waals surface area contributed by atoms with Crippen LogP contribution in [0.1, 0.15) is 30.1 Å². The van der Waals surface area contributed by atoms with Gasteiger partial charge in [-0.25, -0.2) is 0 Å². The largest absolute Gasteiger partial charge is 0.497 e. The summed E-state index contributed by atoms with van der Waals surface area (Å²) in [6.07, 6.45) is 1.60. The maximum absolute atomic E-state index is 12.0. The van der Waals surface area contributed by atoms with Crippen LogP contribution in [0.15, 0.2) is 18.2 Å². The van der Waals surface area contributed by atoms with Crippen molar-refractivity contribution in [3.63, 3.8) is 0 Å². The van der Waals surface area contributed by atoms with Gasteiger partial charge in [0.1, 0.15) is 5.75 Å². The summed E-state index contributed by atoms with van der Waals surface area (Å²) in [6.45, 7) is 2.72. The lowest BCUT2D eigenvalue weighted by Crippen LogP contribution is -2.30. The van der Waals surface area contributed by atoms with E-state index in [-0.39, 0.29) is 18.4 Å². The van der Waals surface area contributed by atoms with Crippen molar-refractivity contribution in [2.24, 2.45) is 5.92 Å². The molecule has 0 saturated heterocycles. The summed E-state index contributed by atoms with van der Waals surface area (Å²) < 4.78 is 5.04.